The molecule has 0 aliphatic carbocycles. The predicted octanol–water partition coefficient (Wildman–Crippen LogP) is 1.69. The fraction of sp³-hybridized carbons (Fsp3) is 0.222. The average Bonchev–Trinajstić information content (AvgIpc) is 3.00. The Labute approximate surface area is 156 Å². The summed E-state index contributed by atoms with van der Waals surface area (Å²) in [6, 6.07) is 13.8. The van der Waals surface area contributed by atoms with Gasteiger partial charge < -0.3 is 9.47 Å². The van der Waals surface area contributed by atoms with Crippen molar-refractivity contribution in [3.05, 3.63) is 60.2 Å². The lowest BCUT2D eigenvalue weighted by molar-refractivity contribution is -0.126. The number of carbonyl (C=O) groups excluding carboxylic acids is 2. The molecule has 0 saturated carbocycles. The number of benzene rings is 2. The summed E-state index contributed by atoms with van der Waals surface area (Å²) in [6.07, 6.45) is -0.787. The predicted molar refractivity (Wildman–Crippen MR) is 95.6 cm³/mol. The highest BCUT2D eigenvalue weighted by molar-refractivity contribution is 7.89. The normalized spacial score (nSPS) is 15.5. The Hall–Kier alpha value is -2.91. The number of cyclic esters (lactones) is 1. The van der Waals surface area contributed by atoms with Crippen molar-refractivity contribution in [2.24, 2.45) is 0 Å². The molecule has 0 radical (unpaired) electrons. The molecule has 1 atom stereocenters. The number of imide groups is 1. The van der Waals surface area contributed by atoms with E-state index in [9.17, 15) is 18.0 Å². The molecule has 1 aliphatic heterocycles. The molecule has 1 aliphatic rings. The molecular weight excluding hydrogens is 372 g/mol. The largest absolute Gasteiger partial charge is 0.497 e. The summed E-state index contributed by atoms with van der Waals surface area (Å²) in [6.45, 7) is -0.511. The van der Waals surface area contributed by atoms with Crippen molar-refractivity contribution in [3.8, 4) is 5.75 Å². The van der Waals surface area contributed by atoms with Gasteiger partial charge in [-0.1, -0.05) is 30.3 Å². The van der Waals surface area contributed by atoms with E-state index in [-0.39, 0.29) is 18.0 Å². The minimum absolute atomic E-state index is 0.0413. The van der Waals surface area contributed by atoms with Crippen LogP contribution in [0, 0.1) is 0 Å². The zero-order valence-corrected chi connectivity index (χ0v) is 15.3. The molecular formula is C18H18N2O6S. The molecule has 27 heavy (non-hydrogen) atoms. The van der Waals surface area contributed by atoms with Crippen LogP contribution in [-0.4, -0.2) is 45.6 Å². The Morgan fingerprint density at radius 3 is 2.33 bits per heavy atom. The number of sulfonamides is 1. The molecule has 142 valence electrons. The molecule has 2 aromatic carbocycles. The molecule has 1 heterocycles. The van der Waals surface area contributed by atoms with Gasteiger partial charge in [0.05, 0.1) is 24.6 Å². The highest BCUT2D eigenvalue weighted by Crippen LogP contribution is 2.22. The number of methoxy groups -OCH3 is 1. The smallest absolute Gasteiger partial charge is 0.417 e. The van der Waals surface area contributed by atoms with Crippen LogP contribution in [0.4, 0.5) is 4.79 Å². The van der Waals surface area contributed by atoms with E-state index in [1.165, 1.54) is 31.4 Å². The summed E-state index contributed by atoms with van der Waals surface area (Å²) < 4.78 is 37.9. The molecule has 1 unspecified atom stereocenters. The molecule has 8 nitrogen and oxygen atoms in total. The van der Waals surface area contributed by atoms with Crippen LogP contribution in [0.1, 0.15) is 11.6 Å². The highest BCUT2D eigenvalue weighted by Gasteiger charge is 2.34. The van der Waals surface area contributed by atoms with E-state index in [2.05, 4.69) is 4.72 Å². The second kappa shape index (κ2) is 7.77. The van der Waals surface area contributed by atoms with E-state index in [0.29, 0.717) is 11.3 Å². The fourth-order valence-electron chi connectivity index (χ4n) is 2.65. The molecule has 1 saturated heterocycles. The second-order valence-corrected chi connectivity index (χ2v) is 7.53. The minimum atomic E-state index is -3.90. The third-order valence-corrected chi connectivity index (χ3v) is 5.56. The lowest BCUT2D eigenvalue weighted by Crippen LogP contribution is -2.40. The number of ether oxygens (including phenoxy) is 2. The molecule has 1 N–H and O–H groups in total. The number of hydrogen-bond donors (Lipinski definition) is 1. The summed E-state index contributed by atoms with van der Waals surface area (Å²) in [7, 11) is -2.42. The third kappa shape index (κ3) is 4.26. The highest BCUT2D eigenvalue weighted by atomic mass is 32.2. The topological polar surface area (TPSA) is 102 Å². The Morgan fingerprint density at radius 1 is 1.11 bits per heavy atom. The van der Waals surface area contributed by atoms with Crippen molar-refractivity contribution in [1.29, 1.82) is 0 Å². The van der Waals surface area contributed by atoms with Crippen LogP contribution in [0.25, 0.3) is 0 Å². The summed E-state index contributed by atoms with van der Waals surface area (Å²) in [4.78, 5) is 24.5. The average molecular weight is 390 g/mol. The number of carbonyl (C=O) groups is 2. The number of rotatable bonds is 7. The van der Waals surface area contributed by atoms with Gasteiger partial charge in [0.25, 0.3) is 5.91 Å². The van der Waals surface area contributed by atoms with Gasteiger partial charge in [0.2, 0.25) is 10.0 Å². The lowest BCUT2D eigenvalue weighted by Gasteiger charge is -2.22. The summed E-state index contributed by atoms with van der Waals surface area (Å²) in [5.41, 5.74) is 0.613. The molecule has 0 spiro atoms. The fourth-order valence-corrected chi connectivity index (χ4v) is 3.86. The van der Waals surface area contributed by atoms with Crippen molar-refractivity contribution in [2.45, 2.75) is 10.9 Å². The Kier molecular flexibility index (Phi) is 5.43. The van der Waals surface area contributed by atoms with Crippen LogP contribution in [0.15, 0.2) is 59.5 Å². The van der Waals surface area contributed by atoms with Gasteiger partial charge in [0, 0.05) is 0 Å². The van der Waals surface area contributed by atoms with Crippen molar-refractivity contribution in [3.63, 3.8) is 0 Å². The zero-order chi connectivity index (χ0) is 19.4. The maximum absolute atomic E-state index is 12.8. The first-order valence-electron chi connectivity index (χ1n) is 8.09. The van der Waals surface area contributed by atoms with E-state index in [0.717, 1.165) is 4.90 Å². The Bertz CT molecular complexity index is 912. The first-order valence-corrected chi connectivity index (χ1v) is 9.57. The number of hydrogen-bond acceptors (Lipinski definition) is 6. The Balaban J connectivity index is 1.88. The second-order valence-electron chi connectivity index (χ2n) is 5.82. The zero-order valence-electron chi connectivity index (χ0n) is 14.5. The van der Waals surface area contributed by atoms with Crippen LogP contribution in [0.3, 0.4) is 0 Å². The van der Waals surface area contributed by atoms with Gasteiger partial charge in [-0.25, -0.2) is 22.8 Å². The number of nitrogens with zero attached hydrogens (tertiary/aromatic N) is 1. The van der Waals surface area contributed by atoms with Crippen LogP contribution >= 0.6 is 0 Å². The van der Waals surface area contributed by atoms with Gasteiger partial charge in [-0.3, -0.25) is 4.79 Å². The van der Waals surface area contributed by atoms with Gasteiger partial charge in [-0.15, -0.1) is 0 Å². The number of nitrogens with one attached hydrogen (secondary N) is 1. The summed E-state index contributed by atoms with van der Waals surface area (Å²) >= 11 is 0. The third-order valence-electron chi connectivity index (χ3n) is 4.07. The monoisotopic (exact) mass is 390 g/mol. The van der Waals surface area contributed by atoms with Crippen molar-refractivity contribution >= 4 is 22.0 Å². The summed E-state index contributed by atoms with van der Waals surface area (Å²) in [5.74, 6) is 0.0172. The lowest BCUT2D eigenvalue weighted by atomic mass is 10.1. The maximum Gasteiger partial charge on any atom is 0.417 e. The van der Waals surface area contributed by atoms with Crippen LogP contribution in [-0.2, 0) is 19.6 Å². The quantitative estimate of drug-likeness (QED) is 0.772. The Morgan fingerprint density at radius 2 is 1.78 bits per heavy atom. The van der Waals surface area contributed by atoms with E-state index >= 15 is 0 Å². The van der Waals surface area contributed by atoms with Crippen molar-refractivity contribution in [1.82, 2.24) is 9.62 Å². The molecule has 2 aromatic rings. The number of amides is 2. The molecule has 3 rings (SSSR count). The van der Waals surface area contributed by atoms with E-state index < -0.39 is 28.1 Å². The molecule has 0 bridgehead atoms. The SMILES string of the molecule is COc1ccc(S(=O)(=O)NC(CN2C(=O)COC2=O)c2ccccc2)cc1. The van der Waals surface area contributed by atoms with E-state index in [4.69, 9.17) is 9.47 Å². The first-order chi connectivity index (χ1) is 12.9. The first kappa shape index (κ1) is 18.9. The maximum atomic E-state index is 12.8. The minimum Gasteiger partial charge on any atom is -0.497 e. The summed E-state index contributed by atoms with van der Waals surface area (Å²) in [5, 5.41) is 0. The molecule has 1 fully saturated rings. The van der Waals surface area contributed by atoms with Crippen LogP contribution in [0.5, 0.6) is 5.75 Å². The van der Waals surface area contributed by atoms with E-state index in [1.54, 1.807) is 30.3 Å². The van der Waals surface area contributed by atoms with Crippen LogP contribution < -0.4 is 9.46 Å². The van der Waals surface area contributed by atoms with Crippen LogP contribution in [0.2, 0.25) is 0 Å². The van der Waals surface area contributed by atoms with Gasteiger partial charge in [-0.05, 0) is 29.8 Å². The standard InChI is InChI=1S/C18H18N2O6S/c1-25-14-7-9-15(10-8-14)27(23,24)19-16(13-5-3-2-4-6-13)11-20-17(21)12-26-18(20)22/h2-10,16,19H,11-12H2,1H3. The molecule has 9 heteroatoms. The van der Waals surface area contributed by atoms with E-state index in [1.807, 2.05) is 0 Å². The molecule has 2 amide bonds. The molecule has 0 aromatic heterocycles. The van der Waals surface area contributed by atoms with Gasteiger partial charge in [0.1, 0.15) is 5.75 Å². The van der Waals surface area contributed by atoms with Gasteiger partial charge in [0.15, 0.2) is 6.61 Å². The van der Waals surface area contributed by atoms with Crippen molar-refractivity contribution in [2.75, 3.05) is 20.3 Å². The van der Waals surface area contributed by atoms with Gasteiger partial charge in [-0.2, -0.15) is 0 Å². The van der Waals surface area contributed by atoms with Crippen molar-refractivity contribution < 1.29 is 27.5 Å². The van der Waals surface area contributed by atoms with Gasteiger partial charge >= 0.3 is 6.09 Å².